The van der Waals surface area contributed by atoms with Crippen molar-refractivity contribution in [3.05, 3.63) is 48.2 Å². The summed E-state index contributed by atoms with van der Waals surface area (Å²) in [6, 6.07) is 6.46. The molecule has 1 atom stereocenters. The number of anilines is 1. The van der Waals surface area contributed by atoms with E-state index in [9.17, 15) is 0 Å². The molecule has 0 bridgehead atoms. The van der Waals surface area contributed by atoms with Gasteiger partial charge in [-0.1, -0.05) is 26.1 Å². The van der Waals surface area contributed by atoms with Crippen molar-refractivity contribution < 1.29 is 0 Å². The summed E-state index contributed by atoms with van der Waals surface area (Å²) in [6.45, 7) is 12.2. The second kappa shape index (κ2) is 3.58. The molecule has 0 fully saturated rings. The van der Waals surface area contributed by atoms with Gasteiger partial charge >= 0.3 is 0 Å². The molecule has 1 aliphatic carbocycles. The maximum atomic E-state index is 4.13. The van der Waals surface area contributed by atoms with Crippen molar-refractivity contribution in [2.24, 2.45) is 5.92 Å². The van der Waals surface area contributed by atoms with Crippen molar-refractivity contribution in [1.82, 2.24) is 0 Å². The van der Waals surface area contributed by atoms with E-state index in [1.165, 1.54) is 16.7 Å². The molecule has 1 unspecified atom stereocenters. The SMILES string of the molecule is C=C(C)Nc1ccc2c(c1)CC(C)C2=C. The highest BCUT2D eigenvalue weighted by Gasteiger charge is 2.21. The largest absolute Gasteiger partial charge is 0.360 e. The molecule has 15 heavy (non-hydrogen) atoms. The molecular weight excluding hydrogens is 182 g/mol. The van der Waals surface area contributed by atoms with E-state index in [4.69, 9.17) is 0 Å². The smallest absolute Gasteiger partial charge is 0.0384 e. The average molecular weight is 199 g/mol. The monoisotopic (exact) mass is 199 g/mol. The number of nitrogens with one attached hydrogen (secondary N) is 1. The van der Waals surface area contributed by atoms with Crippen LogP contribution < -0.4 is 5.32 Å². The van der Waals surface area contributed by atoms with Crippen LogP contribution in [-0.4, -0.2) is 0 Å². The third kappa shape index (κ3) is 1.82. The number of rotatable bonds is 2. The highest BCUT2D eigenvalue weighted by molar-refractivity contribution is 5.74. The van der Waals surface area contributed by atoms with Gasteiger partial charge < -0.3 is 5.32 Å². The molecule has 0 aliphatic heterocycles. The Labute approximate surface area is 91.5 Å². The number of allylic oxidation sites excluding steroid dienone is 2. The Bertz CT molecular complexity index is 429. The van der Waals surface area contributed by atoms with E-state index >= 15 is 0 Å². The zero-order chi connectivity index (χ0) is 11.0. The molecule has 1 heteroatoms. The zero-order valence-corrected chi connectivity index (χ0v) is 9.43. The lowest BCUT2D eigenvalue weighted by atomic mass is 10.0. The highest BCUT2D eigenvalue weighted by atomic mass is 14.9. The van der Waals surface area contributed by atoms with Crippen molar-refractivity contribution >= 4 is 11.3 Å². The third-order valence-corrected chi connectivity index (χ3v) is 2.93. The lowest BCUT2D eigenvalue weighted by molar-refractivity contribution is 0.782. The summed E-state index contributed by atoms with van der Waals surface area (Å²) in [5, 5.41) is 3.24. The summed E-state index contributed by atoms with van der Waals surface area (Å²) in [4.78, 5) is 0. The second-order valence-electron chi connectivity index (χ2n) is 4.41. The lowest BCUT2D eigenvalue weighted by Gasteiger charge is -2.07. The first-order valence-electron chi connectivity index (χ1n) is 5.32. The highest BCUT2D eigenvalue weighted by Crippen LogP contribution is 2.36. The molecule has 1 aliphatic rings. The fourth-order valence-corrected chi connectivity index (χ4v) is 2.12. The standard InChI is InChI=1S/C14H17N/c1-9(2)15-13-5-6-14-11(4)10(3)7-12(14)8-13/h5-6,8,10,15H,1,4,7H2,2-3H3. The quantitative estimate of drug-likeness (QED) is 0.763. The van der Waals surface area contributed by atoms with Crippen LogP contribution in [0, 0.1) is 5.92 Å². The van der Waals surface area contributed by atoms with Gasteiger partial charge in [0.1, 0.15) is 0 Å². The van der Waals surface area contributed by atoms with Gasteiger partial charge in [-0.05, 0) is 48.1 Å². The fraction of sp³-hybridized carbons (Fsp3) is 0.286. The Morgan fingerprint density at radius 3 is 2.87 bits per heavy atom. The van der Waals surface area contributed by atoms with Crippen LogP contribution in [0.4, 0.5) is 5.69 Å². The fourth-order valence-electron chi connectivity index (χ4n) is 2.12. The summed E-state index contributed by atoms with van der Waals surface area (Å²) in [5.74, 6) is 0.583. The minimum Gasteiger partial charge on any atom is -0.360 e. The van der Waals surface area contributed by atoms with Crippen molar-refractivity contribution in [2.45, 2.75) is 20.3 Å². The molecule has 0 amide bonds. The van der Waals surface area contributed by atoms with E-state index in [1.54, 1.807) is 0 Å². The van der Waals surface area contributed by atoms with Gasteiger partial charge in [0, 0.05) is 11.4 Å². The molecule has 0 saturated heterocycles. The average Bonchev–Trinajstić information content (AvgIpc) is 2.41. The number of benzene rings is 1. The Balaban J connectivity index is 2.33. The summed E-state index contributed by atoms with van der Waals surface area (Å²) < 4.78 is 0. The Morgan fingerprint density at radius 2 is 2.20 bits per heavy atom. The Hall–Kier alpha value is -1.50. The van der Waals surface area contributed by atoms with Gasteiger partial charge in [-0.25, -0.2) is 0 Å². The second-order valence-corrected chi connectivity index (χ2v) is 4.41. The minimum atomic E-state index is 0.583. The van der Waals surface area contributed by atoms with E-state index in [0.29, 0.717) is 5.92 Å². The molecule has 78 valence electrons. The van der Waals surface area contributed by atoms with E-state index in [-0.39, 0.29) is 0 Å². The molecule has 0 aromatic heterocycles. The van der Waals surface area contributed by atoms with Crippen molar-refractivity contribution in [2.75, 3.05) is 5.32 Å². The van der Waals surface area contributed by atoms with Gasteiger partial charge in [0.05, 0.1) is 0 Å². The van der Waals surface area contributed by atoms with Crippen LogP contribution >= 0.6 is 0 Å². The van der Waals surface area contributed by atoms with Crippen LogP contribution in [0.1, 0.15) is 25.0 Å². The van der Waals surface area contributed by atoms with E-state index in [1.807, 2.05) is 6.92 Å². The Morgan fingerprint density at radius 1 is 1.47 bits per heavy atom. The van der Waals surface area contributed by atoms with Crippen LogP contribution in [0.3, 0.4) is 0 Å². The van der Waals surface area contributed by atoms with E-state index in [0.717, 1.165) is 17.8 Å². The summed E-state index contributed by atoms with van der Waals surface area (Å²) in [6.07, 6.45) is 1.11. The maximum absolute atomic E-state index is 4.13. The molecule has 0 heterocycles. The van der Waals surface area contributed by atoms with Crippen LogP contribution in [0.5, 0.6) is 0 Å². The van der Waals surface area contributed by atoms with Crippen LogP contribution in [0.15, 0.2) is 37.1 Å². The van der Waals surface area contributed by atoms with Crippen LogP contribution in [-0.2, 0) is 6.42 Å². The molecule has 2 rings (SSSR count). The lowest BCUT2D eigenvalue weighted by Crippen LogP contribution is -1.94. The normalized spacial score (nSPS) is 18.8. The van der Waals surface area contributed by atoms with Gasteiger partial charge in [0.25, 0.3) is 0 Å². The van der Waals surface area contributed by atoms with Crippen molar-refractivity contribution in [1.29, 1.82) is 0 Å². The molecule has 0 spiro atoms. The number of hydrogen-bond acceptors (Lipinski definition) is 1. The van der Waals surface area contributed by atoms with Crippen molar-refractivity contribution in [3.8, 4) is 0 Å². The first-order chi connectivity index (χ1) is 7.08. The van der Waals surface area contributed by atoms with E-state index in [2.05, 4.69) is 43.6 Å². The molecule has 1 aromatic carbocycles. The zero-order valence-electron chi connectivity index (χ0n) is 9.43. The molecule has 1 nitrogen and oxygen atoms in total. The third-order valence-electron chi connectivity index (χ3n) is 2.93. The first-order valence-corrected chi connectivity index (χ1v) is 5.32. The maximum Gasteiger partial charge on any atom is 0.0384 e. The van der Waals surface area contributed by atoms with Gasteiger partial charge in [0.2, 0.25) is 0 Å². The topological polar surface area (TPSA) is 12.0 Å². The molecule has 0 saturated carbocycles. The van der Waals surface area contributed by atoms with Gasteiger partial charge in [-0.2, -0.15) is 0 Å². The summed E-state index contributed by atoms with van der Waals surface area (Å²) >= 11 is 0. The van der Waals surface area contributed by atoms with Crippen LogP contribution in [0.2, 0.25) is 0 Å². The number of fused-ring (bicyclic) bond motifs is 1. The van der Waals surface area contributed by atoms with Gasteiger partial charge in [-0.3, -0.25) is 0 Å². The Kier molecular flexibility index (Phi) is 2.39. The molecular formula is C14H17N. The van der Waals surface area contributed by atoms with Gasteiger partial charge in [0.15, 0.2) is 0 Å². The predicted molar refractivity (Wildman–Crippen MR) is 66.8 cm³/mol. The number of hydrogen-bond donors (Lipinski definition) is 1. The molecule has 1 N–H and O–H groups in total. The van der Waals surface area contributed by atoms with Gasteiger partial charge in [-0.15, -0.1) is 0 Å². The predicted octanol–water partition coefficient (Wildman–Crippen LogP) is 3.84. The molecule has 1 aromatic rings. The summed E-state index contributed by atoms with van der Waals surface area (Å²) in [5.41, 5.74) is 6.10. The van der Waals surface area contributed by atoms with Crippen LogP contribution in [0.25, 0.3) is 5.57 Å². The summed E-state index contributed by atoms with van der Waals surface area (Å²) in [7, 11) is 0. The minimum absolute atomic E-state index is 0.583. The van der Waals surface area contributed by atoms with Crippen molar-refractivity contribution in [3.63, 3.8) is 0 Å². The first kappa shape index (κ1) is 10.0. The molecule has 0 radical (unpaired) electrons. The van der Waals surface area contributed by atoms with E-state index < -0.39 is 0 Å².